The second-order valence-electron chi connectivity index (χ2n) is 5.64. The number of nitrogens with one attached hydrogen (secondary N) is 1. The van der Waals surface area contributed by atoms with E-state index in [9.17, 15) is 0 Å². The molecular formula is C18H20Cl2N2S. The lowest BCUT2D eigenvalue weighted by atomic mass is 9.96. The predicted octanol–water partition coefficient (Wildman–Crippen LogP) is 4.71. The van der Waals surface area contributed by atoms with Crippen molar-refractivity contribution < 1.29 is 0 Å². The van der Waals surface area contributed by atoms with Gasteiger partial charge >= 0.3 is 0 Å². The van der Waals surface area contributed by atoms with E-state index < -0.39 is 0 Å². The van der Waals surface area contributed by atoms with Gasteiger partial charge in [0.05, 0.1) is 16.1 Å². The maximum Gasteiger partial charge on any atom is 0.0603 e. The van der Waals surface area contributed by atoms with Crippen molar-refractivity contribution in [2.75, 3.05) is 32.4 Å². The average molecular weight is 367 g/mol. The molecule has 1 atom stereocenters. The van der Waals surface area contributed by atoms with Gasteiger partial charge in [-0.2, -0.15) is 0 Å². The van der Waals surface area contributed by atoms with Crippen LogP contribution in [0, 0.1) is 0 Å². The second-order valence-corrected chi connectivity index (χ2v) is 7.33. The van der Waals surface area contributed by atoms with Crippen molar-refractivity contribution in [3.8, 4) is 0 Å². The summed E-state index contributed by atoms with van der Waals surface area (Å²) >= 11 is 14.1. The number of halogens is 2. The molecule has 1 aliphatic heterocycles. The summed E-state index contributed by atoms with van der Waals surface area (Å²) < 4.78 is 0. The molecule has 23 heavy (non-hydrogen) atoms. The zero-order valence-electron chi connectivity index (χ0n) is 13.1. The molecule has 5 heteroatoms. The minimum Gasteiger partial charge on any atom is -0.314 e. The van der Waals surface area contributed by atoms with Crippen LogP contribution >= 0.6 is 35.0 Å². The molecule has 3 rings (SSSR count). The molecule has 122 valence electrons. The molecule has 1 heterocycles. The molecule has 1 saturated heterocycles. The summed E-state index contributed by atoms with van der Waals surface area (Å²) in [6.45, 7) is 4.08. The van der Waals surface area contributed by atoms with Gasteiger partial charge in [-0.25, -0.2) is 0 Å². The third-order valence-corrected chi connectivity index (χ3v) is 5.69. The number of benzene rings is 2. The van der Waals surface area contributed by atoms with E-state index in [4.69, 9.17) is 23.2 Å². The van der Waals surface area contributed by atoms with E-state index in [0.717, 1.165) is 26.2 Å². The van der Waals surface area contributed by atoms with E-state index in [1.165, 1.54) is 16.0 Å². The maximum atomic E-state index is 6.27. The van der Waals surface area contributed by atoms with Crippen LogP contribution in [-0.4, -0.2) is 37.3 Å². The molecule has 0 aliphatic carbocycles. The lowest BCUT2D eigenvalue weighted by molar-refractivity contribution is 0.198. The fraction of sp³-hybridized carbons (Fsp3) is 0.333. The molecule has 0 spiro atoms. The van der Waals surface area contributed by atoms with Crippen LogP contribution in [0.2, 0.25) is 10.0 Å². The van der Waals surface area contributed by atoms with Crippen molar-refractivity contribution in [1.82, 2.24) is 10.2 Å². The molecule has 0 radical (unpaired) electrons. The van der Waals surface area contributed by atoms with Crippen molar-refractivity contribution in [1.29, 1.82) is 0 Å². The van der Waals surface area contributed by atoms with E-state index in [0.29, 0.717) is 10.0 Å². The smallest absolute Gasteiger partial charge is 0.0603 e. The molecule has 1 fully saturated rings. The first kappa shape index (κ1) is 17.1. The van der Waals surface area contributed by atoms with E-state index in [1.54, 1.807) is 11.8 Å². The van der Waals surface area contributed by atoms with Crippen LogP contribution in [0.4, 0.5) is 0 Å². The summed E-state index contributed by atoms with van der Waals surface area (Å²) in [5, 5.41) is 4.64. The zero-order valence-corrected chi connectivity index (χ0v) is 15.4. The highest BCUT2D eigenvalue weighted by Gasteiger charge is 2.24. The van der Waals surface area contributed by atoms with E-state index in [2.05, 4.69) is 46.8 Å². The summed E-state index contributed by atoms with van der Waals surface area (Å²) in [6.07, 6.45) is 2.10. The maximum absolute atomic E-state index is 6.27. The molecule has 1 unspecified atom stereocenters. The standard InChI is InChI=1S/C18H20Cl2N2S/c1-23-15-5-2-13(3-6-15)18(22-10-8-21-9-11-22)14-4-7-16(19)17(20)12-14/h2-7,12,18,21H,8-11H2,1H3. The molecule has 2 nitrogen and oxygen atoms in total. The fourth-order valence-electron chi connectivity index (χ4n) is 3.02. The lowest BCUT2D eigenvalue weighted by Crippen LogP contribution is -2.45. The third kappa shape index (κ3) is 4.04. The van der Waals surface area contributed by atoms with Gasteiger partial charge in [-0.1, -0.05) is 41.4 Å². The Hall–Kier alpha value is -0.710. The van der Waals surface area contributed by atoms with E-state index >= 15 is 0 Å². The highest BCUT2D eigenvalue weighted by molar-refractivity contribution is 7.98. The normalized spacial score (nSPS) is 17.2. The molecular weight excluding hydrogens is 347 g/mol. The van der Waals surface area contributed by atoms with E-state index in [-0.39, 0.29) is 6.04 Å². The van der Waals surface area contributed by atoms with Crippen LogP contribution in [0.1, 0.15) is 17.2 Å². The van der Waals surface area contributed by atoms with Crippen molar-refractivity contribution in [2.24, 2.45) is 0 Å². The van der Waals surface area contributed by atoms with Crippen LogP contribution < -0.4 is 5.32 Å². The quantitative estimate of drug-likeness (QED) is 0.788. The van der Waals surface area contributed by atoms with Gasteiger partial charge in [0.2, 0.25) is 0 Å². The summed E-state index contributed by atoms with van der Waals surface area (Å²) in [5.74, 6) is 0. The summed E-state index contributed by atoms with van der Waals surface area (Å²) in [7, 11) is 0. The predicted molar refractivity (Wildman–Crippen MR) is 101 cm³/mol. The summed E-state index contributed by atoms with van der Waals surface area (Å²) in [4.78, 5) is 3.78. The van der Waals surface area contributed by atoms with Crippen molar-refractivity contribution in [3.63, 3.8) is 0 Å². The van der Waals surface area contributed by atoms with Crippen molar-refractivity contribution in [2.45, 2.75) is 10.9 Å². The van der Waals surface area contributed by atoms with Gasteiger partial charge < -0.3 is 5.32 Å². The molecule has 0 saturated carbocycles. The lowest BCUT2D eigenvalue weighted by Gasteiger charge is -2.35. The molecule has 0 aromatic heterocycles. The Bertz CT molecular complexity index is 655. The highest BCUT2D eigenvalue weighted by atomic mass is 35.5. The second kappa shape index (κ2) is 7.91. The largest absolute Gasteiger partial charge is 0.314 e. The minimum atomic E-state index is 0.211. The summed E-state index contributed by atoms with van der Waals surface area (Å²) in [5.41, 5.74) is 2.49. The van der Waals surface area contributed by atoms with Crippen molar-refractivity contribution >= 4 is 35.0 Å². The topological polar surface area (TPSA) is 15.3 Å². The van der Waals surface area contributed by atoms with Gasteiger partial charge in [0.1, 0.15) is 0 Å². The monoisotopic (exact) mass is 366 g/mol. The third-order valence-electron chi connectivity index (χ3n) is 4.21. The Kier molecular flexibility index (Phi) is 5.89. The van der Waals surface area contributed by atoms with Crippen molar-refractivity contribution in [3.05, 3.63) is 63.6 Å². The molecule has 2 aromatic carbocycles. The molecule has 2 aromatic rings. The molecule has 1 aliphatic rings. The van der Waals surface area contributed by atoms with Gasteiger partial charge in [0.25, 0.3) is 0 Å². The van der Waals surface area contributed by atoms with Crippen LogP contribution in [0.25, 0.3) is 0 Å². The highest BCUT2D eigenvalue weighted by Crippen LogP contribution is 2.33. The van der Waals surface area contributed by atoms with Gasteiger partial charge in [0.15, 0.2) is 0 Å². The number of rotatable bonds is 4. The number of hydrogen-bond donors (Lipinski definition) is 1. The Balaban J connectivity index is 1.99. The van der Waals surface area contributed by atoms with Gasteiger partial charge in [-0.05, 0) is 41.6 Å². The summed E-state index contributed by atoms with van der Waals surface area (Å²) in [6, 6.07) is 15.0. The molecule has 1 N–H and O–H groups in total. The molecule has 0 bridgehead atoms. The van der Waals surface area contributed by atoms with Crippen LogP contribution in [-0.2, 0) is 0 Å². The average Bonchev–Trinajstić information content (AvgIpc) is 2.60. The number of thioether (sulfide) groups is 1. The minimum absolute atomic E-state index is 0.211. The van der Waals surface area contributed by atoms with Crippen LogP contribution in [0.3, 0.4) is 0 Å². The number of hydrogen-bond acceptors (Lipinski definition) is 3. The first-order valence-electron chi connectivity index (χ1n) is 7.72. The van der Waals surface area contributed by atoms with E-state index in [1.807, 2.05) is 12.1 Å². The molecule has 0 amide bonds. The first-order chi connectivity index (χ1) is 11.2. The number of nitrogens with zero attached hydrogens (tertiary/aromatic N) is 1. The Morgan fingerprint density at radius 1 is 0.957 bits per heavy atom. The Morgan fingerprint density at radius 2 is 1.61 bits per heavy atom. The fourth-order valence-corrected chi connectivity index (χ4v) is 3.74. The van der Waals surface area contributed by atoms with Gasteiger partial charge in [0, 0.05) is 31.1 Å². The Morgan fingerprint density at radius 3 is 2.22 bits per heavy atom. The Labute approximate surface area is 152 Å². The van der Waals surface area contributed by atoms with Gasteiger partial charge in [-0.3, -0.25) is 4.90 Å². The zero-order chi connectivity index (χ0) is 16.2. The first-order valence-corrected chi connectivity index (χ1v) is 9.71. The SMILES string of the molecule is CSc1ccc(C(c2ccc(Cl)c(Cl)c2)N2CCNCC2)cc1. The number of piperazine rings is 1. The van der Waals surface area contributed by atoms with Crippen LogP contribution in [0.5, 0.6) is 0 Å². The van der Waals surface area contributed by atoms with Crippen LogP contribution in [0.15, 0.2) is 47.4 Å². The van der Waals surface area contributed by atoms with Gasteiger partial charge in [-0.15, -0.1) is 11.8 Å².